The van der Waals surface area contributed by atoms with Gasteiger partial charge in [0.05, 0.1) is 12.7 Å². The summed E-state index contributed by atoms with van der Waals surface area (Å²) in [6.07, 6.45) is 0. The first-order valence-electron chi connectivity index (χ1n) is 6.00. The Morgan fingerprint density at radius 2 is 1.90 bits per heavy atom. The van der Waals surface area contributed by atoms with Gasteiger partial charge in [-0.25, -0.2) is 0 Å². The van der Waals surface area contributed by atoms with Crippen LogP contribution in [0.3, 0.4) is 0 Å². The number of rotatable bonds is 3. The fourth-order valence-corrected chi connectivity index (χ4v) is 1.78. The van der Waals surface area contributed by atoms with Gasteiger partial charge in [0.2, 0.25) is 0 Å². The third kappa shape index (κ3) is 2.66. The Balaban J connectivity index is 2.26. The lowest BCUT2D eigenvalue weighted by atomic mass is 10.1. The zero-order valence-corrected chi connectivity index (χ0v) is 11.2. The standard InChI is InChI=1S/C15H15NO4/c1-9-12(4-3-5-13(9)17)16-15(19)11-7-6-10(20-2)8-14(11)18/h3-8,17-18H,1-2H3,(H,16,19). The fraction of sp³-hybridized carbons (Fsp3) is 0.133. The monoisotopic (exact) mass is 273 g/mol. The number of amides is 1. The predicted molar refractivity (Wildman–Crippen MR) is 75.5 cm³/mol. The van der Waals surface area contributed by atoms with E-state index in [4.69, 9.17) is 4.74 Å². The topological polar surface area (TPSA) is 78.8 Å². The molecule has 0 aliphatic rings. The van der Waals surface area contributed by atoms with Crippen molar-refractivity contribution in [3.05, 3.63) is 47.5 Å². The highest BCUT2D eigenvalue weighted by Crippen LogP contribution is 2.27. The Morgan fingerprint density at radius 1 is 1.15 bits per heavy atom. The molecule has 5 heteroatoms. The molecule has 0 bridgehead atoms. The number of phenolic OH excluding ortho intramolecular Hbond substituents is 2. The molecule has 0 radical (unpaired) electrons. The second kappa shape index (κ2) is 5.52. The highest BCUT2D eigenvalue weighted by Gasteiger charge is 2.13. The molecule has 20 heavy (non-hydrogen) atoms. The van der Waals surface area contributed by atoms with Crippen LogP contribution in [0.1, 0.15) is 15.9 Å². The highest BCUT2D eigenvalue weighted by atomic mass is 16.5. The van der Waals surface area contributed by atoms with Crippen LogP contribution in [-0.2, 0) is 0 Å². The maximum Gasteiger partial charge on any atom is 0.259 e. The van der Waals surface area contributed by atoms with Crippen molar-refractivity contribution in [1.29, 1.82) is 0 Å². The number of nitrogens with one attached hydrogen (secondary N) is 1. The summed E-state index contributed by atoms with van der Waals surface area (Å²) >= 11 is 0. The zero-order valence-electron chi connectivity index (χ0n) is 11.2. The maximum absolute atomic E-state index is 12.1. The molecule has 3 N–H and O–H groups in total. The number of carbonyl (C=O) groups is 1. The molecule has 104 valence electrons. The minimum absolute atomic E-state index is 0.0988. The Labute approximate surface area is 116 Å². The Kier molecular flexibility index (Phi) is 3.79. The van der Waals surface area contributed by atoms with Gasteiger partial charge in [0.15, 0.2) is 0 Å². The van der Waals surface area contributed by atoms with E-state index in [0.717, 1.165) is 0 Å². The Hall–Kier alpha value is -2.69. The highest BCUT2D eigenvalue weighted by molar-refractivity contribution is 6.06. The molecule has 0 unspecified atom stereocenters. The molecule has 1 amide bonds. The molecule has 0 saturated carbocycles. The lowest BCUT2D eigenvalue weighted by Gasteiger charge is -2.11. The van der Waals surface area contributed by atoms with E-state index in [2.05, 4.69) is 5.32 Å². The van der Waals surface area contributed by atoms with E-state index in [-0.39, 0.29) is 17.1 Å². The van der Waals surface area contributed by atoms with E-state index in [9.17, 15) is 15.0 Å². The fourth-order valence-electron chi connectivity index (χ4n) is 1.78. The molecule has 0 spiro atoms. The molecule has 2 aromatic rings. The zero-order chi connectivity index (χ0) is 14.7. The summed E-state index contributed by atoms with van der Waals surface area (Å²) in [5.41, 5.74) is 1.19. The van der Waals surface area contributed by atoms with Crippen LogP contribution >= 0.6 is 0 Å². The van der Waals surface area contributed by atoms with Crippen molar-refractivity contribution < 1.29 is 19.7 Å². The van der Waals surface area contributed by atoms with Crippen LogP contribution < -0.4 is 10.1 Å². The summed E-state index contributed by atoms with van der Waals surface area (Å²) in [5.74, 6) is -0.0622. The Bertz CT molecular complexity index is 652. The van der Waals surface area contributed by atoms with E-state index in [0.29, 0.717) is 17.0 Å². The molecule has 0 fully saturated rings. The third-order valence-electron chi connectivity index (χ3n) is 3.00. The number of aromatic hydroxyl groups is 2. The normalized spacial score (nSPS) is 10.1. The number of phenols is 2. The smallest absolute Gasteiger partial charge is 0.259 e. The van der Waals surface area contributed by atoms with Gasteiger partial charge in [-0.3, -0.25) is 4.79 Å². The van der Waals surface area contributed by atoms with Gasteiger partial charge < -0.3 is 20.3 Å². The largest absolute Gasteiger partial charge is 0.508 e. The van der Waals surface area contributed by atoms with Crippen LogP contribution in [0.25, 0.3) is 0 Å². The van der Waals surface area contributed by atoms with Gasteiger partial charge in [-0.2, -0.15) is 0 Å². The van der Waals surface area contributed by atoms with Crippen molar-refractivity contribution in [1.82, 2.24) is 0 Å². The van der Waals surface area contributed by atoms with Gasteiger partial charge in [0.1, 0.15) is 17.2 Å². The number of benzene rings is 2. The van der Waals surface area contributed by atoms with Crippen LogP contribution in [0, 0.1) is 6.92 Å². The number of hydrogen-bond acceptors (Lipinski definition) is 4. The number of hydrogen-bond donors (Lipinski definition) is 3. The third-order valence-corrected chi connectivity index (χ3v) is 3.00. The molecule has 0 heterocycles. The minimum Gasteiger partial charge on any atom is -0.508 e. The van der Waals surface area contributed by atoms with E-state index < -0.39 is 5.91 Å². The van der Waals surface area contributed by atoms with Crippen LogP contribution in [0.4, 0.5) is 5.69 Å². The quantitative estimate of drug-likeness (QED) is 0.803. The minimum atomic E-state index is -0.459. The van der Waals surface area contributed by atoms with Crippen molar-refractivity contribution >= 4 is 11.6 Å². The van der Waals surface area contributed by atoms with Crippen LogP contribution in [0.5, 0.6) is 17.2 Å². The van der Waals surface area contributed by atoms with Gasteiger partial charge >= 0.3 is 0 Å². The van der Waals surface area contributed by atoms with E-state index in [1.165, 1.54) is 25.3 Å². The number of anilines is 1. The maximum atomic E-state index is 12.1. The summed E-state index contributed by atoms with van der Waals surface area (Å²) < 4.78 is 4.96. The molecule has 0 saturated heterocycles. The average molecular weight is 273 g/mol. The predicted octanol–water partition coefficient (Wildman–Crippen LogP) is 2.67. The van der Waals surface area contributed by atoms with Gasteiger partial charge in [-0.05, 0) is 31.2 Å². The molecular weight excluding hydrogens is 258 g/mol. The summed E-state index contributed by atoms with van der Waals surface area (Å²) in [6, 6.07) is 9.27. The molecule has 5 nitrogen and oxygen atoms in total. The lowest BCUT2D eigenvalue weighted by molar-refractivity contribution is 0.102. The van der Waals surface area contributed by atoms with Crippen molar-refractivity contribution in [3.8, 4) is 17.2 Å². The van der Waals surface area contributed by atoms with Gasteiger partial charge in [0.25, 0.3) is 5.91 Å². The van der Waals surface area contributed by atoms with Crippen LogP contribution in [-0.4, -0.2) is 23.2 Å². The first kappa shape index (κ1) is 13.7. The summed E-state index contributed by atoms with van der Waals surface area (Å²) in [6.45, 7) is 1.69. The lowest BCUT2D eigenvalue weighted by Crippen LogP contribution is -2.13. The molecule has 0 aliphatic carbocycles. The number of carbonyl (C=O) groups excluding carboxylic acids is 1. The Morgan fingerprint density at radius 3 is 2.55 bits per heavy atom. The van der Waals surface area contributed by atoms with Crippen molar-refractivity contribution in [3.63, 3.8) is 0 Å². The molecular formula is C15H15NO4. The van der Waals surface area contributed by atoms with Gasteiger partial charge in [-0.15, -0.1) is 0 Å². The number of methoxy groups -OCH3 is 1. The van der Waals surface area contributed by atoms with Gasteiger partial charge in [-0.1, -0.05) is 6.07 Å². The van der Waals surface area contributed by atoms with E-state index in [1.807, 2.05) is 0 Å². The first-order chi connectivity index (χ1) is 9.52. The van der Waals surface area contributed by atoms with Crippen LogP contribution in [0.2, 0.25) is 0 Å². The van der Waals surface area contributed by atoms with Crippen LogP contribution in [0.15, 0.2) is 36.4 Å². The first-order valence-corrected chi connectivity index (χ1v) is 6.00. The van der Waals surface area contributed by atoms with Crippen molar-refractivity contribution in [2.75, 3.05) is 12.4 Å². The summed E-state index contributed by atoms with van der Waals surface area (Å²) in [5, 5.41) is 22.0. The number of ether oxygens (including phenoxy) is 1. The van der Waals surface area contributed by atoms with Crippen molar-refractivity contribution in [2.24, 2.45) is 0 Å². The second-order valence-electron chi connectivity index (χ2n) is 4.29. The molecule has 2 aromatic carbocycles. The molecule has 0 aliphatic heterocycles. The van der Waals surface area contributed by atoms with Gasteiger partial charge in [0, 0.05) is 17.3 Å². The molecule has 2 rings (SSSR count). The van der Waals surface area contributed by atoms with Crippen molar-refractivity contribution in [2.45, 2.75) is 6.92 Å². The molecule has 0 aromatic heterocycles. The van der Waals surface area contributed by atoms with E-state index in [1.54, 1.807) is 25.1 Å². The summed E-state index contributed by atoms with van der Waals surface area (Å²) in [4.78, 5) is 12.1. The second-order valence-corrected chi connectivity index (χ2v) is 4.29. The summed E-state index contributed by atoms with van der Waals surface area (Å²) in [7, 11) is 1.48. The van der Waals surface area contributed by atoms with E-state index >= 15 is 0 Å². The average Bonchev–Trinajstić information content (AvgIpc) is 2.43. The SMILES string of the molecule is COc1ccc(C(=O)Nc2cccc(O)c2C)c(O)c1. The molecule has 0 atom stereocenters.